The average Bonchev–Trinajstić information content (AvgIpc) is 2.73. The van der Waals surface area contributed by atoms with Gasteiger partial charge in [-0.15, -0.1) is 0 Å². The fourth-order valence-corrected chi connectivity index (χ4v) is 3.43. The van der Waals surface area contributed by atoms with Crippen LogP contribution in [-0.4, -0.2) is 0 Å². The van der Waals surface area contributed by atoms with Crippen LogP contribution in [0.15, 0.2) is 103 Å². The highest BCUT2D eigenvalue weighted by Crippen LogP contribution is 2.51. The van der Waals surface area contributed by atoms with Crippen LogP contribution >= 0.6 is 0 Å². The first kappa shape index (κ1) is 20.7. The van der Waals surface area contributed by atoms with E-state index in [-0.39, 0.29) is 13.5 Å². The molecule has 0 nitrogen and oxygen atoms in total. The van der Waals surface area contributed by atoms with Crippen LogP contribution < -0.4 is 0 Å². The van der Waals surface area contributed by atoms with Crippen molar-refractivity contribution >= 4 is 13.5 Å². The zero-order valence-electron chi connectivity index (χ0n) is 15.5. The molecule has 0 bridgehead atoms. The Balaban J connectivity index is 0.000000189. The van der Waals surface area contributed by atoms with Crippen molar-refractivity contribution in [1.82, 2.24) is 0 Å². The highest BCUT2D eigenvalue weighted by atomic mass is 32.1. The molecule has 0 amide bonds. The molecule has 0 aliphatic heterocycles. The Labute approximate surface area is 175 Å². The summed E-state index contributed by atoms with van der Waals surface area (Å²) >= 11 is 0. The van der Waals surface area contributed by atoms with E-state index in [1.54, 1.807) is 6.07 Å². The van der Waals surface area contributed by atoms with E-state index in [2.05, 4.69) is 72.8 Å². The lowest BCUT2D eigenvalue weighted by Crippen LogP contribution is -2.03. The van der Waals surface area contributed by atoms with Gasteiger partial charge in [0.1, 0.15) is 0 Å². The molecule has 5 rings (SSSR count). The first-order valence-corrected chi connectivity index (χ1v) is 8.96. The van der Waals surface area contributed by atoms with Gasteiger partial charge in [0.15, 0.2) is 0 Å². The van der Waals surface area contributed by atoms with E-state index >= 15 is 0 Å². The molecule has 0 unspecified atom stereocenters. The Morgan fingerprint density at radius 2 is 0.931 bits per heavy atom. The van der Waals surface area contributed by atoms with E-state index in [1.165, 1.54) is 45.5 Å². The number of fused-ring (bicyclic) bond motifs is 4. The van der Waals surface area contributed by atoms with Gasteiger partial charge < -0.3 is 0 Å². The van der Waals surface area contributed by atoms with E-state index in [4.69, 9.17) is 0 Å². The van der Waals surface area contributed by atoms with Crippen molar-refractivity contribution in [3.8, 4) is 33.4 Å². The van der Waals surface area contributed by atoms with Gasteiger partial charge in [-0.3, -0.25) is 0 Å². The van der Waals surface area contributed by atoms with Crippen molar-refractivity contribution < 1.29 is 13.2 Å². The molecule has 0 N–H and O–H groups in total. The number of halogens is 3. The molecule has 0 spiro atoms. The fraction of sp³-hybridized carbons (Fsp3) is 0.0400. The van der Waals surface area contributed by atoms with Gasteiger partial charge in [-0.1, -0.05) is 117 Å². The smallest absolute Gasteiger partial charge is 0.166 e. The lowest BCUT2D eigenvalue weighted by atomic mass is 9.77. The van der Waals surface area contributed by atoms with Crippen molar-refractivity contribution in [3.05, 3.63) is 109 Å². The van der Waals surface area contributed by atoms with Crippen LogP contribution in [0.3, 0.4) is 0 Å². The number of hydrogen-bond acceptors (Lipinski definition) is 0. The fourth-order valence-electron chi connectivity index (χ4n) is 3.43. The topological polar surface area (TPSA) is 0 Å². The number of benzene rings is 4. The molecule has 4 aromatic carbocycles. The molecule has 0 atom stereocenters. The molecular formula is C25H20F3S+. The third kappa shape index (κ3) is 4.22. The summed E-state index contributed by atoms with van der Waals surface area (Å²) in [6.07, 6.45) is -4.21. The number of rotatable bonds is 1. The molecule has 29 heavy (non-hydrogen) atoms. The third-order valence-electron chi connectivity index (χ3n) is 4.74. The lowest BCUT2D eigenvalue weighted by molar-refractivity contribution is -0.137. The minimum atomic E-state index is -4.21. The maximum atomic E-state index is 11.8. The normalized spacial score (nSPS) is 11.0. The van der Waals surface area contributed by atoms with Crippen LogP contribution in [0.1, 0.15) is 5.56 Å². The van der Waals surface area contributed by atoms with Gasteiger partial charge in [-0.05, 0) is 33.4 Å². The summed E-state index contributed by atoms with van der Waals surface area (Å²) in [5, 5.41) is 0. The molecule has 4 heteroatoms. The minimum Gasteiger partial charge on any atom is -0.166 e. The third-order valence-corrected chi connectivity index (χ3v) is 4.74. The van der Waals surface area contributed by atoms with Gasteiger partial charge in [0, 0.05) is 0 Å². The Morgan fingerprint density at radius 1 is 0.448 bits per heavy atom. The van der Waals surface area contributed by atoms with Crippen LogP contribution in [0.4, 0.5) is 13.2 Å². The van der Waals surface area contributed by atoms with Crippen molar-refractivity contribution in [2.45, 2.75) is 6.18 Å². The van der Waals surface area contributed by atoms with E-state index in [0.717, 1.165) is 12.1 Å². The highest BCUT2D eigenvalue weighted by molar-refractivity contribution is 7.37. The van der Waals surface area contributed by atoms with Crippen LogP contribution in [0.25, 0.3) is 33.4 Å². The van der Waals surface area contributed by atoms with Crippen LogP contribution in [0.5, 0.6) is 0 Å². The molecular weight excluding hydrogens is 389 g/mol. The van der Waals surface area contributed by atoms with Gasteiger partial charge in [0.2, 0.25) is 0 Å². The second-order valence-electron chi connectivity index (χ2n) is 6.50. The molecule has 1 aliphatic carbocycles. The Hall–Kier alpha value is -2.98. The monoisotopic (exact) mass is 409 g/mol. The summed E-state index contributed by atoms with van der Waals surface area (Å²) < 4.78 is 35.4. The SMILES string of the molecule is FC(F)(F)c1ccccc1.[SH3+].c1ccc(-c2cccc3c2-c2ccccc2-3)cc1. The van der Waals surface area contributed by atoms with Crippen LogP contribution in [-0.2, 0) is 19.7 Å². The summed E-state index contributed by atoms with van der Waals surface area (Å²) in [5.41, 5.74) is 7.58. The molecule has 1 aliphatic rings. The molecule has 0 radical (unpaired) electrons. The summed E-state index contributed by atoms with van der Waals surface area (Å²) in [6.45, 7) is 0. The van der Waals surface area contributed by atoms with Crippen LogP contribution in [0.2, 0.25) is 0 Å². The summed E-state index contributed by atoms with van der Waals surface area (Å²) in [7, 11) is 0. The Kier molecular flexibility index (Phi) is 6.14. The Morgan fingerprint density at radius 3 is 1.52 bits per heavy atom. The van der Waals surface area contributed by atoms with E-state index < -0.39 is 11.7 Å². The molecule has 0 aromatic heterocycles. The van der Waals surface area contributed by atoms with E-state index in [9.17, 15) is 13.2 Å². The first-order valence-electron chi connectivity index (χ1n) is 8.96. The quantitative estimate of drug-likeness (QED) is 0.264. The first-order chi connectivity index (χ1) is 13.6. The second kappa shape index (κ2) is 8.58. The largest absolute Gasteiger partial charge is 0.416 e. The zero-order chi connectivity index (χ0) is 19.6. The van der Waals surface area contributed by atoms with Crippen molar-refractivity contribution in [3.63, 3.8) is 0 Å². The van der Waals surface area contributed by atoms with Crippen molar-refractivity contribution in [2.75, 3.05) is 0 Å². The van der Waals surface area contributed by atoms with Crippen molar-refractivity contribution in [1.29, 1.82) is 0 Å². The molecule has 0 saturated heterocycles. The van der Waals surface area contributed by atoms with Gasteiger partial charge in [-0.2, -0.15) is 13.2 Å². The predicted octanol–water partition coefficient (Wildman–Crippen LogP) is 6.90. The molecule has 4 aromatic rings. The molecule has 0 saturated carbocycles. The summed E-state index contributed by atoms with van der Waals surface area (Å²) in [4.78, 5) is 0. The van der Waals surface area contributed by atoms with Gasteiger partial charge in [0.05, 0.1) is 5.56 Å². The summed E-state index contributed by atoms with van der Waals surface area (Å²) in [5.74, 6) is 0. The maximum absolute atomic E-state index is 11.8. The summed E-state index contributed by atoms with van der Waals surface area (Å²) in [6, 6.07) is 32.2. The molecule has 0 fully saturated rings. The highest BCUT2D eigenvalue weighted by Gasteiger charge is 2.29. The number of alkyl halides is 3. The zero-order valence-corrected chi connectivity index (χ0v) is 16.7. The van der Waals surface area contributed by atoms with Crippen molar-refractivity contribution in [2.24, 2.45) is 0 Å². The Bertz CT molecular complexity index is 1070. The van der Waals surface area contributed by atoms with Crippen LogP contribution in [0, 0.1) is 0 Å². The van der Waals surface area contributed by atoms with E-state index in [1.807, 2.05) is 0 Å². The second-order valence-corrected chi connectivity index (χ2v) is 6.50. The van der Waals surface area contributed by atoms with Gasteiger partial charge >= 0.3 is 6.18 Å². The number of hydrogen-bond donors (Lipinski definition) is 0. The standard InChI is InChI=1S/C18H12.C7H5F3.H2S/c1-2-7-13(8-3-1)14-11-6-12-17-15-9-4-5-10-16(15)18(14)17;8-7(9,10)6-4-2-1-3-5-6;/h1-12H;1-5H;1H2/p+1. The minimum absolute atomic E-state index is 0. The maximum Gasteiger partial charge on any atom is 0.416 e. The van der Waals surface area contributed by atoms with Gasteiger partial charge in [0.25, 0.3) is 0 Å². The molecule has 146 valence electrons. The lowest BCUT2D eigenvalue weighted by Gasteiger charge is -2.26. The predicted molar refractivity (Wildman–Crippen MR) is 119 cm³/mol. The van der Waals surface area contributed by atoms with Gasteiger partial charge in [-0.25, -0.2) is 0 Å². The van der Waals surface area contributed by atoms with E-state index in [0.29, 0.717) is 0 Å². The average molecular weight is 409 g/mol. The molecule has 0 heterocycles.